The molecule has 26 heavy (non-hydrogen) atoms. The molecule has 2 heterocycles. The first-order chi connectivity index (χ1) is 12.7. The van der Waals surface area contributed by atoms with Gasteiger partial charge in [-0.2, -0.15) is 5.26 Å². The van der Waals surface area contributed by atoms with E-state index in [2.05, 4.69) is 0 Å². The molecule has 0 radical (unpaired) electrons. The number of carbonyl (C=O) groups is 2. The van der Waals surface area contributed by atoms with Crippen LogP contribution in [-0.4, -0.2) is 49.5 Å². The number of hydrogen-bond donors (Lipinski definition) is 0. The predicted octanol–water partition coefficient (Wildman–Crippen LogP) is 2.28. The minimum Gasteiger partial charge on any atom is -0.485 e. The molecular weight excluding hydrogens is 352 g/mol. The highest BCUT2D eigenvalue weighted by Crippen LogP contribution is 2.19. The topological polar surface area (TPSA) is 79.6 Å². The van der Waals surface area contributed by atoms with Gasteiger partial charge in [0.15, 0.2) is 6.61 Å². The Hall–Kier alpha value is -2.69. The van der Waals surface area contributed by atoms with E-state index in [1.807, 2.05) is 12.1 Å². The molecule has 3 rings (SSSR count). The van der Waals surface area contributed by atoms with Gasteiger partial charge >= 0.3 is 0 Å². The standard InChI is InChI=1S/C19H18N2O4S/c20-12-14-1-3-15(4-2-14)25-13-17(22)18-6-5-16(26-18)11-19(23)21-7-9-24-10-8-21/h1-6H,7-11,13H2. The average Bonchev–Trinajstić information content (AvgIpc) is 3.15. The van der Waals surface area contributed by atoms with Crippen LogP contribution in [0.25, 0.3) is 0 Å². The molecule has 1 aliphatic heterocycles. The molecule has 1 aliphatic rings. The molecule has 0 aliphatic carbocycles. The van der Waals surface area contributed by atoms with E-state index in [0.29, 0.717) is 48.9 Å². The Bertz CT molecular complexity index is 817. The molecule has 0 spiro atoms. The lowest BCUT2D eigenvalue weighted by Crippen LogP contribution is -2.41. The number of morpholine rings is 1. The molecule has 134 valence electrons. The Morgan fingerprint density at radius 1 is 1.15 bits per heavy atom. The SMILES string of the molecule is N#Cc1ccc(OCC(=O)c2ccc(CC(=O)N3CCOCC3)s2)cc1. The zero-order valence-corrected chi connectivity index (χ0v) is 15.0. The van der Waals surface area contributed by atoms with Gasteiger partial charge in [-0.1, -0.05) is 0 Å². The first-order valence-electron chi connectivity index (χ1n) is 8.26. The quantitative estimate of drug-likeness (QED) is 0.729. The fourth-order valence-corrected chi connectivity index (χ4v) is 3.47. The molecule has 2 aromatic rings. The van der Waals surface area contributed by atoms with Gasteiger partial charge in [0.05, 0.1) is 36.1 Å². The van der Waals surface area contributed by atoms with Crippen molar-refractivity contribution in [1.29, 1.82) is 5.26 Å². The summed E-state index contributed by atoms with van der Waals surface area (Å²) >= 11 is 1.32. The van der Waals surface area contributed by atoms with Crippen LogP contribution in [0, 0.1) is 11.3 Å². The lowest BCUT2D eigenvalue weighted by molar-refractivity contribution is -0.134. The van der Waals surface area contributed by atoms with E-state index in [4.69, 9.17) is 14.7 Å². The van der Waals surface area contributed by atoms with E-state index >= 15 is 0 Å². The number of benzene rings is 1. The summed E-state index contributed by atoms with van der Waals surface area (Å²) in [4.78, 5) is 27.7. The van der Waals surface area contributed by atoms with E-state index < -0.39 is 0 Å². The van der Waals surface area contributed by atoms with Crippen LogP contribution < -0.4 is 4.74 Å². The van der Waals surface area contributed by atoms with Gasteiger partial charge in [-0.05, 0) is 36.4 Å². The number of Topliss-reactive ketones (excluding diaryl/α,β-unsaturated/α-hetero) is 1. The lowest BCUT2D eigenvalue weighted by Gasteiger charge is -2.26. The van der Waals surface area contributed by atoms with Crippen molar-refractivity contribution < 1.29 is 19.1 Å². The van der Waals surface area contributed by atoms with Gasteiger partial charge in [-0.3, -0.25) is 9.59 Å². The number of hydrogen-bond acceptors (Lipinski definition) is 6. The molecule has 0 saturated carbocycles. The number of rotatable bonds is 6. The van der Waals surface area contributed by atoms with E-state index in [-0.39, 0.29) is 18.3 Å². The number of amides is 1. The van der Waals surface area contributed by atoms with Crippen molar-refractivity contribution in [3.8, 4) is 11.8 Å². The van der Waals surface area contributed by atoms with Crippen LogP contribution in [0.4, 0.5) is 0 Å². The molecule has 7 heteroatoms. The fourth-order valence-electron chi connectivity index (χ4n) is 2.54. The normalized spacial score (nSPS) is 13.9. The maximum Gasteiger partial charge on any atom is 0.227 e. The molecule has 1 amide bonds. The highest BCUT2D eigenvalue weighted by Gasteiger charge is 2.18. The summed E-state index contributed by atoms with van der Waals surface area (Å²) in [7, 11) is 0. The smallest absolute Gasteiger partial charge is 0.227 e. The van der Waals surface area contributed by atoms with Gasteiger partial charge in [0, 0.05) is 18.0 Å². The van der Waals surface area contributed by atoms with Gasteiger partial charge in [-0.25, -0.2) is 0 Å². The van der Waals surface area contributed by atoms with Crippen LogP contribution in [-0.2, 0) is 16.0 Å². The highest BCUT2D eigenvalue weighted by atomic mass is 32.1. The molecule has 6 nitrogen and oxygen atoms in total. The van der Waals surface area contributed by atoms with Crippen LogP contribution >= 0.6 is 11.3 Å². The van der Waals surface area contributed by atoms with Crippen molar-refractivity contribution in [2.24, 2.45) is 0 Å². The van der Waals surface area contributed by atoms with Crippen molar-refractivity contribution in [2.45, 2.75) is 6.42 Å². The number of ether oxygens (including phenoxy) is 2. The zero-order chi connectivity index (χ0) is 18.4. The molecule has 1 saturated heterocycles. The maximum absolute atomic E-state index is 12.3. The molecule has 1 aromatic carbocycles. The van der Waals surface area contributed by atoms with Crippen LogP contribution in [0.1, 0.15) is 20.1 Å². The molecular formula is C19H18N2O4S. The van der Waals surface area contributed by atoms with Gasteiger partial charge in [0.1, 0.15) is 5.75 Å². The van der Waals surface area contributed by atoms with Gasteiger partial charge < -0.3 is 14.4 Å². The van der Waals surface area contributed by atoms with Crippen molar-refractivity contribution in [3.05, 3.63) is 51.7 Å². The van der Waals surface area contributed by atoms with Crippen LogP contribution in [0.3, 0.4) is 0 Å². The minimum atomic E-state index is -0.135. The summed E-state index contributed by atoms with van der Waals surface area (Å²) in [5.74, 6) is 0.462. The molecule has 1 fully saturated rings. The third-order valence-corrected chi connectivity index (χ3v) is 5.11. The second-order valence-corrected chi connectivity index (χ2v) is 6.95. The second-order valence-electron chi connectivity index (χ2n) is 5.78. The molecule has 1 aromatic heterocycles. The van der Waals surface area contributed by atoms with Crippen LogP contribution in [0.5, 0.6) is 5.75 Å². The number of nitriles is 1. The van der Waals surface area contributed by atoms with E-state index in [1.54, 1.807) is 35.2 Å². The summed E-state index contributed by atoms with van der Waals surface area (Å²) in [6, 6.07) is 12.2. The van der Waals surface area contributed by atoms with Crippen molar-refractivity contribution in [1.82, 2.24) is 4.90 Å². The fraction of sp³-hybridized carbons (Fsp3) is 0.316. The van der Waals surface area contributed by atoms with E-state index in [9.17, 15) is 9.59 Å². The molecule has 0 atom stereocenters. The zero-order valence-electron chi connectivity index (χ0n) is 14.1. The average molecular weight is 370 g/mol. The highest BCUT2D eigenvalue weighted by molar-refractivity contribution is 7.14. The molecule has 0 unspecified atom stereocenters. The number of nitrogens with zero attached hydrogens (tertiary/aromatic N) is 2. The Balaban J connectivity index is 1.52. The first-order valence-corrected chi connectivity index (χ1v) is 9.08. The Morgan fingerprint density at radius 2 is 1.88 bits per heavy atom. The lowest BCUT2D eigenvalue weighted by atomic mass is 10.2. The maximum atomic E-state index is 12.3. The summed E-state index contributed by atoms with van der Waals surface area (Å²) in [6.07, 6.45) is 0.300. The van der Waals surface area contributed by atoms with Gasteiger partial charge in [0.25, 0.3) is 0 Å². The van der Waals surface area contributed by atoms with Gasteiger partial charge in [-0.15, -0.1) is 11.3 Å². The minimum absolute atomic E-state index is 0.0583. The van der Waals surface area contributed by atoms with Gasteiger partial charge in [0.2, 0.25) is 11.7 Å². The second kappa shape index (κ2) is 8.61. The summed E-state index contributed by atoms with van der Waals surface area (Å²) in [5.41, 5.74) is 0.538. The van der Waals surface area contributed by atoms with Crippen molar-refractivity contribution in [3.63, 3.8) is 0 Å². The van der Waals surface area contributed by atoms with E-state index in [0.717, 1.165) is 4.88 Å². The van der Waals surface area contributed by atoms with Crippen LogP contribution in [0.2, 0.25) is 0 Å². The third kappa shape index (κ3) is 4.69. The number of thiophene rings is 1. The van der Waals surface area contributed by atoms with E-state index in [1.165, 1.54) is 11.3 Å². The molecule has 0 bridgehead atoms. The first kappa shape index (κ1) is 18.1. The summed E-state index contributed by atoms with van der Waals surface area (Å²) in [6.45, 7) is 2.31. The number of carbonyl (C=O) groups excluding carboxylic acids is 2. The predicted molar refractivity (Wildman–Crippen MR) is 96.4 cm³/mol. The number of ketones is 1. The van der Waals surface area contributed by atoms with Crippen molar-refractivity contribution in [2.75, 3.05) is 32.9 Å². The summed E-state index contributed by atoms with van der Waals surface area (Å²) < 4.78 is 10.7. The third-order valence-electron chi connectivity index (χ3n) is 3.98. The summed E-state index contributed by atoms with van der Waals surface area (Å²) in [5, 5.41) is 8.77. The largest absolute Gasteiger partial charge is 0.485 e. The Labute approximate surface area is 155 Å². The van der Waals surface area contributed by atoms with Crippen molar-refractivity contribution >= 4 is 23.0 Å². The molecule has 0 N–H and O–H groups in total. The monoisotopic (exact) mass is 370 g/mol. The van der Waals surface area contributed by atoms with Crippen LogP contribution in [0.15, 0.2) is 36.4 Å². The Kier molecular flexibility index (Phi) is 6.00. The Morgan fingerprint density at radius 3 is 2.58 bits per heavy atom.